The first-order chi connectivity index (χ1) is 11.8. The van der Waals surface area contributed by atoms with Crippen LogP contribution in [0.1, 0.15) is 32.0 Å². The number of hydrogen-bond donors (Lipinski definition) is 0. The van der Waals surface area contributed by atoms with Crippen LogP contribution in [0.4, 0.5) is 0 Å². The molecule has 0 aromatic carbocycles. The first kappa shape index (κ1) is 15.0. The number of aromatic nitrogens is 4. The molecule has 4 heterocycles. The maximum absolute atomic E-state index is 12.8. The summed E-state index contributed by atoms with van der Waals surface area (Å²) >= 11 is 0. The maximum Gasteiger partial charge on any atom is 0.280 e. The minimum absolute atomic E-state index is 0.0145. The van der Waals surface area contributed by atoms with Gasteiger partial charge >= 0.3 is 0 Å². The third-order valence-corrected chi connectivity index (χ3v) is 4.95. The lowest BCUT2D eigenvalue weighted by atomic mass is 9.98. The van der Waals surface area contributed by atoms with Gasteiger partial charge in [0.05, 0.1) is 11.2 Å². The molecule has 3 aromatic heterocycles. The second-order valence-corrected chi connectivity index (χ2v) is 6.39. The highest BCUT2D eigenvalue weighted by Crippen LogP contribution is 2.23. The van der Waals surface area contributed by atoms with Crippen LogP contribution in [-0.2, 0) is 13.0 Å². The Hall–Kier alpha value is -2.56. The lowest BCUT2D eigenvalue weighted by Crippen LogP contribution is -2.25. The molecule has 0 saturated carbocycles. The zero-order chi connectivity index (χ0) is 16.5. The number of hydrogen-bond acceptors (Lipinski definition) is 4. The van der Waals surface area contributed by atoms with E-state index in [9.17, 15) is 4.79 Å². The fourth-order valence-corrected chi connectivity index (χ4v) is 3.44. The van der Waals surface area contributed by atoms with E-state index in [0.717, 1.165) is 49.3 Å². The molecular weight excluding hydrogens is 300 g/mol. The predicted molar refractivity (Wildman–Crippen MR) is 93.7 cm³/mol. The molecule has 4 rings (SSSR count). The highest BCUT2D eigenvalue weighted by molar-refractivity contribution is 5.78. The topological polar surface area (TPSA) is 60.7 Å². The van der Waals surface area contributed by atoms with Crippen LogP contribution in [0.2, 0.25) is 0 Å². The molecule has 0 fully saturated rings. The van der Waals surface area contributed by atoms with Gasteiger partial charge in [-0.2, -0.15) is 0 Å². The van der Waals surface area contributed by atoms with E-state index in [1.54, 1.807) is 12.4 Å². The van der Waals surface area contributed by atoms with Crippen molar-refractivity contribution < 1.29 is 0 Å². The predicted octanol–water partition coefficient (Wildman–Crippen LogP) is 3.22. The van der Waals surface area contributed by atoms with Gasteiger partial charge in [-0.3, -0.25) is 14.3 Å². The number of fused-ring (bicyclic) bond motifs is 2. The number of aryl methyl sites for hydroxylation is 1. The van der Waals surface area contributed by atoms with Gasteiger partial charge in [-0.1, -0.05) is 19.4 Å². The summed E-state index contributed by atoms with van der Waals surface area (Å²) in [5.74, 6) is 1.56. The van der Waals surface area contributed by atoms with Crippen molar-refractivity contribution in [1.29, 1.82) is 0 Å². The summed E-state index contributed by atoms with van der Waals surface area (Å²) in [4.78, 5) is 26.3. The standard InChI is InChI=1S/C19H20N4O/c1-2-13-6-7-17-22-16-11-14(15-5-3-4-9-20-15)12-21-18(16)19(24)23(17)10-8-13/h3-5,9,11-13H,2,6-8,10H2,1H3. The van der Waals surface area contributed by atoms with Gasteiger partial charge < -0.3 is 0 Å². The van der Waals surface area contributed by atoms with E-state index in [2.05, 4.69) is 16.9 Å². The van der Waals surface area contributed by atoms with Crippen LogP contribution in [0, 0.1) is 5.92 Å². The average Bonchev–Trinajstić information content (AvgIpc) is 2.84. The first-order valence-corrected chi connectivity index (χ1v) is 8.57. The van der Waals surface area contributed by atoms with Crippen LogP contribution < -0.4 is 5.56 Å². The highest BCUT2D eigenvalue weighted by atomic mass is 16.1. The highest BCUT2D eigenvalue weighted by Gasteiger charge is 2.19. The molecule has 1 atom stereocenters. The zero-order valence-corrected chi connectivity index (χ0v) is 13.8. The van der Waals surface area contributed by atoms with Gasteiger partial charge in [0.1, 0.15) is 5.82 Å². The van der Waals surface area contributed by atoms with Gasteiger partial charge in [0.15, 0.2) is 5.52 Å². The molecule has 122 valence electrons. The molecule has 0 radical (unpaired) electrons. The van der Waals surface area contributed by atoms with Crippen molar-refractivity contribution in [2.24, 2.45) is 5.92 Å². The van der Waals surface area contributed by atoms with Crippen molar-refractivity contribution in [3.05, 3.63) is 52.8 Å². The Morgan fingerprint density at radius 2 is 2.17 bits per heavy atom. The molecule has 24 heavy (non-hydrogen) atoms. The second kappa shape index (κ2) is 6.15. The Bertz CT molecular complexity index is 933. The minimum atomic E-state index is -0.0145. The fourth-order valence-electron chi connectivity index (χ4n) is 3.44. The third kappa shape index (κ3) is 2.60. The molecule has 5 heteroatoms. The Morgan fingerprint density at radius 1 is 1.25 bits per heavy atom. The van der Waals surface area contributed by atoms with Gasteiger partial charge in [0.25, 0.3) is 5.56 Å². The Kier molecular flexibility index (Phi) is 3.84. The molecule has 0 amide bonds. The summed E-state index contributed by atoms with van der Waals surface area (Å²) in [6.07, 6.45) is 7.63. The summed E-state index contributed by atoms with van der Waals surface area (Å²) in [5.41, 5.74) is 2.84. The third-order valence-electron chi connectivity index (χ3n) is 4.95. The first-order valence-electron chi connectivity index (χ1n) is 8.57. The van der Waals surface area contributed by atoms with Crippen LogP contribution in [-0.4, -0.2) is 19.5 Å². The van der Waals surface area contributed by atoms with Crippen LogP contribution >= 0.6 is 0 Å². The SMILES string of the molecule is CCC1CCc2nc3cc(-c4ccccn4)cnc3c(=O)n2CC1. The molecule has 0 bridgehead atoms. The van der Waals surface area contributed by atoms with Crippen LogP contribution in [0.3, 0.4) is 0 Å². The molecule has 1 aliphatic rings. The van der Waals surface area contributed by atoms with Gasteiger partial charge in [-0.15, -0.1) is 0 Å². The molecule has 3 aromatic rings. The van der Waals surface area contributed by atoms with Crippen LogP contribution in [0.25, 0.3) is 22.3 Å². The Balaban J connectivity index is 1.84. The van der Waals surface area contributed by atoms with E-state index in [1.165, 1.54) is 0 Å². The van der Waals surface area contributed by atoms with Gasteiger partial charge in [-0.25, -0.2) is 9.97 Å². The Morgan fingerprint density at radius 3 is 2.96 bits per heavy atom. The normalized spacial score (nSPS) is 17.5. The van der Waals surface area contributed by atoms with Gasteiger partial charge in [0.2, 0.25) is 0 Å². The van der Waals surface area contributed by atoms with Crippen LogP contribution in [0.15, 0.2) is 41.5 Å². The van der Waals surface area contributed by atoms with E-state index in [4.69, 9.17) is 4.98 Å². The quantitative estimate of drug-likeness (QED) is 0.727. The molecule has 5 nitrogen and oxygen atoms in total. The molecule has 0 aliphatic carbocycles. The molecular formula is C19H20N4O. The molecule has 0 saturated heterocycles. The van der Waals surface area contributed by atoms with Crippen molar-refractivity contribution in [2.75, 3.05) is 0 Å². The van der Waals surface area contributed by atoms with Crippen molar-refractivity contribution in [3.8, 4) is 11.3 Å². The summed E-state index contributed by atoms with van der Waals surface area (Å²) in [6.45, 7) is 2.97. The zero-order valence-electron chi connectivity index (χ0n) is 13.8. The monoisotopic (exact) mass is 320 g/mol. The number of rotatable bonds is 2. The van der Waals surface area contributed by atoms with Crippen LogP contribution in [0.5, 0.6) is 0 Å². The largest absolute Gasteiger partial charge is 0.295 e. The molecule has 0 N–H and O–H groups in total. The maximum atomic E-state index is 12.8. The second-order valence-electron chi connectivity index (χ2n) is 6.39. The number of pyridine rings is 2. The lowest BCUT2D eigenvalue weighted by Gasteiger charge is -2.10. The van der Waals surface area contributed by atoms with Gasteiger partial charge in [-0.05, 0) is 37.0 Å². The van der Waals surface area contributed by atoms with E-state index >= 15 is 0 Å². The Labute approximate surface area is 140 Å². The smallest absolute Gasteiger partial charge is 0.280 e. The molecule has 0 spiro atoms. The average molecular weight is 320 g/mol. The van der Waals surface area contributed by atoms with Crippen molar-refractivity contribution in [1.82, 2.24) is 19.5 Å². The molecule has 1 aliphatic heterocycles. The molecule has 1 unspecified atom stereocenters. The van der Waals surface area contributed by atoms with Crippen molar-refractivity contribution in [3.63, 3.8) is 0 Å². The summed E-state index contributed by atoms with van der Waals surface area (Å²) < 4.78 is 1.82. The summed E-state index contributed by atoms with van der Waals surface area (Å²) in [6, 6.07) is 7.68. The van der Waals surface area contributed by atoms with Crippen molar-refractivity contribution in [2.45, 2.75) is 39.2 Å². The lowest BCUT2D eigenvalue weighted by molar-refractivity contribution is 0.432. The summed E-state index contributed by atoms with van der Waals surface area (Å²) in [5, 5.41) is 0. The summed E-state index contributed by atoms with van der Waals surface area (Å²) in [7, 11) is 0. The van der Waals surface area contributed by atoms with E-state index in [0.29, 0.717) is 17.0 Å². The van der Waals surface area contributed by atoms with Crippen molar-refractivity contribution >= 4 is 11.0 Å². The van der Waals surface area contributed by atoms with E-state index in [1.807, 2.05) is 28.8 Å². The van der Waals surface area contributed by atoms with E-state index < -0.39 is 0 Å². The fraction of sp³-hybridized carbons (Fsp3) is 0.368. The van der Waals surface area contributed by atoms with E-state index in [-0.39, 0.29) is 5.56 Å². The minimum Gasteiger partial charge on any atom is -0.295 e. The van der Waals surface area contributed by atoms with Gasteiger partial charge in [0, 0.05) is 30.9 Å². The number of nitrogens with zero attached hydrogens (tertiary/aromatic N) is 4.